The van der Waals surface area contributed by atoms with E-state index < -0.39 is 3.42 Å². The summed E-state index contributed by atoms with van der Waals surface area (Å²) in [6, 6.07) is 0. The number of hydrogen-bond acceptors (Lipinski definition) is 4. The lowest BCUT2D eigenvalue weighted by atomic mass is 10.0. The molecule has 5 heteroatoms. The van der Waals surface area contributed by atoms with Crippen molar-refractivity contribution in [3.05, 3.63) is 146 Å². The van der Waals surface area contributed by atoms with Gasteiger partial charge in [-0.1, -0.05) is 196 Å². The van der Waals surface area contributed by atoms with Gasteiger partial charge in [-0.05, 0) is 117 Å². The van der Waals surface area contributed by atoms with E-state index in [4.69, 9.17) is 9.47 Å². The first-order valence-electron chi connectivity index (χ1n) is 21.7. The molecular weight excluding hydrogens is 815 g/mol. The van der Waals surface area contributed by atoms with Crippen LogP contribution in [-0.4, -0.2) is 28.6 Å². The summed E-state index contributed by atoms with van der Waals surface area (Å²) in [6.07, 6.45) is 67.5. The largest absolute Gasteiger partial charge is 0.466 e. The number of alkyl halides is 1. The zero-order chi connectivity index (χ0) is 42.3. The predicted molar refractivity (Wildman–Crippen MR) is 260 cm³/mol. The molecule has 0 bridgehead atoms. The minimum atomic E-state index is -0.438. The molecule has 0 amide bonds. The van der Waals surface area contributed by atoms with Crippen LogP contribution in [0.4, 0.5) is 0 Å². The first-order chi connectivity index (χ1) is 27.9. The monoisotopic (exact) mass is 895 g/mol. The molecule has 0 spiro atoms. The zero-order valence-corrected chi connectivity index (χ0v) is 38.8. The molecule has 0 aromatic heterocycles. The number of hydrogen-bond donors (Lipinski definition) is 0. The Morgan fingerprint density at radius 3 is 1.02 bits per heavy atom. The van der Waals surface area contributed by atoms with E-state index in [9.17, 15) is 9.59 Å². The number of halogens is 1. The van der Waals surface area contributed by atoms with E-state index in [1.807, 2.05) is 27.7 Å². The smallest absolute Gasteiger partial charge is 0.322 e. The van der Waals surface area contributed by atoms with Crippen molar-refractivity contribution >= 4 is 34.5 Å². The van der Waals surface area contributed by atoms with Gasteiger partial charge < -0.3 is 9.47 Å². The quantitative estimate of drug-likeness (QED) is 0.0292. The molecule has 0 N–H and O–H groups in total. The average molecular weight is 895 g/mol. The van der Waals surface area contributed by atoms with E-state index in [0.29, 0.717) is 19.6 Å². The van der Waals surface area contributed by atoms with Gasteiger partial charge in [0.15, 0.2) is 0 Å². The molecule has 4 nitrogen and oxygen atoms in total. The van der Waals surface area contributed by atoms with Gasteiger partial charge in [0.1, 0.15) is 3.42 Å². The van der Waals surface area contributed by atoms with E-state index in [2.05, 4.69) is 182 Å². The number of esters is 2. The van der Waals surface area contributed by atoms with Crippen LogP contribution in [0.3, 0.4) is 0 Å². The van der Waals surface area contributed by atoms with Crippen LogP contribution in [0.1, 0.15) is 144 Å². The molecule has 0 heterocycles. The molecule has 2 atom stereocenters. The summed E-state index contributed by atoms with van der Waals surface area (Å²) >= 11 is 2.23. The van der Waals surface area contributed by atoms with Crippen LogP contribution in [0.15, 0.2) is 146 Å². The highest BCUT2D eigenvalue weighted by molar-refractivity contribution is 14.1. The summed E-state index contributed by atoms with van der Waals surface area (Å²) < 4.78 is 9.81. The fourth-order valence-electron chi connectivity index (χ4n) is 4.90. The summed E-state index contributed by atoms with van der Waals surface area (Å²) in [4.78, 5) is 23.7. The van der Waals surface area contributed by atoms with Gasteiger partial charge in [-0.2, -0.15) is 0 Å². The summed E-state index contributed by atoms with van der Waals surface area (Å²) in [5.41, 5.74) is 0. The molecule has 0 saturated carbocycles. The molecule has 0 aliphatic rings. The Labute approximate surface area is 364 Å². The fourth-order valence-corrected chi connectivity index (χ4v) is 5.31. The maximum absolute atomic E-state index is 12.0. The first kappa shape index (κ1) is 55.6. The third-order valence-electron chi connectivity index (χ3n) is 8.37. The molecule has 2 unspecified atom stereocenters. The first-order valence-corrected chi connectivity index (χ1v) is 22.8. The lowest BCUT2D eigenvalue weighted by molar-refractivity contribution is -0.148. The Morgan fingerprint density at radius 1 is 0.439 bits per heavy atom. The van der Waals surface area contributed by atoms with Crippen LogP contribution >= 0.6 is 22.6 Å². The van der Waals surface area contributed by atoms with Crippen molar-refractivity contribution < 1.29 is 19.1 Å². The van der Waals surface area contributed by atoms with Crippen molar-refractivity contribution in [2.75, 3.05) is 13.2 Å². The van der Waals surface area contributed by atoms with Gasteiger partial charge in [-0.15, -0.1) is 0 Å². The lowest BCUT2D eigenvalue weighted by Gasteiger charge is -2.21. The van der Waals surface area contributed by atoms with E-state index in [0.717, 1.165) is 96.3 Å². The number of carbonyl (C=O) groups is 2. The molecule has 0 fully saturated rings. The summed E-state index contributed by atoms with van der Waals surface area (Å²) in [7, 11) is 0. The lowest BCUT2D eigenvalue weighted by Crippen LogP contribution is -2.32. The van der Waals surface area contributed by atoms with Crippen LogP contribution in [0.2, 0.25) is 0 Å². The Morgan fingerprint density at radius 2 is 0.737 bits per heavy atom. The van der Waals surface area contributed by atoms with Crippen LogP contribution in [0.5, 0.6) is 0 Å². The van der Waals surface area contributed by atoms with E-state index >= 15 is 0 Å². The molecule has 0 radical (unpaired) electrons. The van der Waals surface area contributed by atoms with Gasteiger partial charge in [0, 0.05) is 0 Å². The molecule has 0 aromatic rings. The molecule has 0 saturated heterocycles. The van der Waals surface area contributed by atoms with Crippen molar-refractivity contribution in [1.82, 2.24) is 0 Å². The van der Waals surface area contributed by atoms with E-state index in [1.165, 1.54) is 0 Å². The van der Waals surface area contributed by atoms with Crippen LogP contribution in [0, 0.1) is 5.92 Å². The van der Waals surface area contributed by atoms with Crippen molar-refractivity contribution in [2.24, 2.45) is 5.92 Å². The molecule has 57 heavy (non-hydrogen) atoms. The number of carbonyl (C=O) groups excluding carboxylic acids is 2. The van der Waals surface area contributed by atoms with Crippen molar-refractivity contribution in [3.8, 4) is 0 Å². The highest BCUT2D eigenvalue weighted by atomic mass is 127. The molecule has 318 valence electrons. The summed E-state index contributed by atoms with van der Waals surface area (Å²) in [5, 5.41) is 0. The number of rotatable bonds is 32. The summed E-state index contributed by atoms with van der Waals surface area (Å²) in [5.74, 6) is -0.197. The maximum Gasteiger partial charge on any atom is 0.322 e. The third kappa shape index (κ3) is 39.2. The highest BCUT2D eigenvalue weighted by Gasteiger charge is 2.33. The standard InChI is InChI=1S/C26H39IO2.C26H40O2/c1-4-7-8-9-10-11-12-13-14-15-16-17-18-19-20-21-22-23-24-26(27,5-2)25(28)29-6-3;1-4-7-8-9-10-11-12-13-14-15-16-17-18-19-20-21-22-23-24-25(5-2)26(27)28-6-3/h7-8,10-11,13-14,16-17,19-20,22-23H,4-6,9,12,15,18,21,24H2,1-3H3;7-8,10-11,13-14,16-17,19-20,22-23,25H,4-6,9,12,15,18,21,24H2,1-3H3/b2*8-7-,11-10-,14-13-,17-16-,20-19-,23-22-. The minimum absolute atomic E-state index is 0.00967. The summed E-state index contributed by atoms with van der Waals surface area (Å²) in [6.45, 7) is 13.0. The van der Waals surface area contributed by atoms with Crippen molar-refractivity contribution in [3.63, 3.8) is 0 Å². The predicted octanol–water partition coefficient (Wildman–Crippen LogP) is 15.9. The molecule has 0 rings (SSSR count). The van der Waals surface area contributed by atoms with Gasteiger partial charge in [0.05, 0.1) is 19.1 Å². The second kappa shape index (κ2) is 45.3. The molecular formula is C52H79IO4. The Balaban J connectivity index is 0. The Kier molecular flexibility index (Phi) is 44.2. The van der Waals surface area contributed by atoms with Gasteiger partial charge >= 0.3 is 11.9 Å². The Bertz CT molecular complexity index is 1320. The van der Waals surface area contributed by atoms with Crippen LogP contribution in [-0.2, 0) is 19.1 Å². The molecule has 0 aromatic carbocycles. The highest BCUT2D eigenvalue weighted by Crippen LogP contribution is 2.29. The van der Waals surface area contributed by atoms with Crippen molar-refractivity contribution in [2.45, 2.75) is 148 Å². The second-order valence-corrected chi connectivity index (χ2v) is 15.2. The van der Waals surface area contributed by atoms with Crippen LogP contribution in [0.25, 0.3) is 0 Å². The van der Waals surface area contributed by atoms with E-state index in [-0.39, 0.29) is 17.9 Å². The topological polar surface area (TPSA) is 52.6 Å². The molecule has 0 aliphatic carbocycles. The zero-order valence-electron chi connectivity index (χ0n) is 36.7. The van der Waals surface area contributed by atoms with E-state index in [1.54, 1.807) is 0 Å². The maximum atomic E-state index is 12.0. The van der Waals surface area contributed by atoms with Gasteiger partial charge in [0.25, 0.3) is 0 Å². The minimum Gasteiger partial charge on any atom is -0.466 e. The van der Waals surface area contributed by atoms with Crippen LogP contribution < -0.4 is 0 Å². The third-order valence-corrected chi connectivity index (χ3v) is 10.0. The Hall–Kier alpha value is -3.45. The van der Waals surface area contributed by atoms with Gasteiger partial charge in [-0.25, -0.2) is 0 Å². The van der Waals surface area contributed by atoms with Gasteiger partial charge in [0.2, 0.25) is 0 Å². The SMILES string of the molecule is CC/C=C\C/C=C\C/C=C\C/C=C\C/C=C\C/C=C\CC(CC)C(=O)OCC.CC/C=C\C/C=C\C/C=C\C/C=C\C/C=C\C/C=C\CC(I)(CC)C(=O)OCC. The van der Waals surface area contributed by atoms with Crippen molar-refractivity contribution in [1.29, 1.82) is 0 Å². The molecule has 0 aliphatic heterocycles. The average Bonchev–Trinajstić information content (AvgIpc) is 3.21. The van der Waals surface area contributed by atoms with Gasteiger partial charge in [-0.3, -0.25) is 9.59 Å². The fraction of sp³-hybridized carbons (Fsp3) is 0.500. The number of ether oxygens (including phenoxy) is 2. The number of allylic oxidation sites excluding steroid dienone is 24. The second-order valence-electron chi connectivity index (χ2n) is 13.2. The normalized spacial score (nSPS) is 14.5.